The molecule has 1 aliphatic rings. The van der Waals surface area contributed by atoms with E-state index >= 15 is 0 Å². The Bertz CT molecular complexity index is 3870. The number of para-hydroxylation sites is 2. The van der Waals surface area contributed by atoms with Crippen molar-refractivity contribution in [3.63, 3.8) is 0 Å². The van der Waals surface area contributed by atoms with Gasteiger partial charge in [0.05, 0.1) is 22.2 Å². The maximum atomic E-state index is 5.55. The van der Waals surface area contributed by atoms with Gasteiger partial charge in [-0.2, -0.15) is 0 Å². The second-order valence-electron chi connectivity index (χ2n) is 17.8. The third kappa shape index (κ3) is 5.94. The van der Waals surface area contributed by atoms with Crippen LogP contribution in [0, 0.1) is 0 Å². The van der Waals surface area contributed by atoms with E-state index in [0.29, 0.717) is 17.5 Å². The highest BCUT2D eigenvalue weighted by Gasteiger charge is 2.35. The first kappa shape index (κ1) is 38.0. The van der Waals surface area contributed by atoms with E-state index in [1.165, 1.54) is 43.9 Å². The number of hydrogen-bond acceptors (Lipinski definition) is 4. The van der Waals surface area contributed by atoms with Crippen molar-refractivity contribution in [1.82, 2.24) is 24.5 Å². The molecule has 9 aromatic carbocycles. The van der Waals surface area contributed by atoms with Gasteiger partial charge in [-0.1, -0.05) is 190 Å². The van der Waals surface area contributed by atoms with Crippen LogP contribution in [0.15, 0.2) is 212 Å². The smallest absolute Gasteiger partial charge is 0.164 e. The standard InChI is InChI=1S/C61H41N5/c1-61(2)50-24-14-12-22-45(50)46-32-31-43(36-51(46)61)60-64-58(40-18-8-4-9-19-40)63-59(65-60)41-28-26-38(27-29-41)42-30-33-47-48-34-35-54-55(56(48)57(62-52(47)37-42)39-16-6-3-7-17-39)49-23-13-15-25-53(49)66(54)44-20-10-5-11-21-44/h3-37H,1-2H3. The zero-order chi connectivity index (χ0) is 43.9. The van der Waals surface area contributed by atoms with Crippen molar-refractivity contribution in [3.05, 3.63) is 223 Å². The molecule has 0 aliphatic heterocycles. The van der Waals surface area contributed by atoms with Gasteiger partial charge in [-0.3, -0.25) is 0 Å². The summed E-state index contributed by atoms with van der Waals surface area (Å²) >= 11 is 0. The first-order valence-corrected chi connectivity index (χ1v) is 22.6. The number of aromatic nitrogens is 5. The molecule has 0 unspecified atom stereocenters. The average molecular weight is 844 g/mol. The molecule has 0 atom stereocenters. The Kier molecular flexibility index (Phi) is 8.49. The molecule has 0 saturated heterocycles. The molecule has 0 fully saturated rings. The largest absolute Gasteiger partial charge is 0.309 e. The van der Waals surface area contributed by atoms with Crippen LogP contribution in [0.2, 0.25) is 0 Å². The Labute approximate surface area is 382 Å². The Balaban J connectivity index is 0.927. The summed E-state index contributed by atoms with van der Waals surface area (Å²) in [6.45, 7) is 4.61. The monoisotopic (exact) mass is 843 g/mol. The van der Waals surface area contributed by atoms with Crippen molar-refractivity contribution in [3.8, 4) is 73.4 Å². The van der Waals surface area contributed by atoms with E-state index in [2.05, 4.69) is 213 Å². The number of hydrogen-bond donors (Lipinski definition) is 0. The lowest BCUT2D eigenvalue weighted by molar-refractivity contribution is 0.660. The molecule has 3 heterocycles. The number of rotatable bonds is 6. The molecule has 12 aromatic rings. The molecule has 310 valence electrons. The molecule has 0 amide bonds. The van der Waals surface area contributed by atoms with Crippen LogP contribution in [-0.2, 0) is 5.41 Å². The van der Waals surface area contributed by atoms with E-state index in [9.17, 15) is 0 Å². The number of nitrogens with zero attached hydrogens (tertiary/aromatic N) is 5. The summed E-state index contributed by atoms with van der Waals surface area (Å²) in [4.78, 5) is 20.9. The van der Waals surface area contributed by atoms with Crippen LogP contribution in [0.5, 0.6) is 0 Å². The van der Waals surface area contributed by atoms with Crippen molar-refractivity contribution in [2.24, 2.45) is 0 Å². The fourth-order valence-electron chi connectivity index (χ4n) is 10.4. The van der Waals surface area contributed by atoms with E-state index in [1.807, 2.05) is 18.2 Å². The second-order valence-corrected chi connectivity index (χ2v) is 17.8. The summed E-state index contributed by atoms with van der Waals surface area (Å²) in [6, 6.07) is 75.4. The number of pyridine rings is 1. The van der Waals surface area contributed by atoms with Gasteiger partial charge in [0.2, 0.25) is 0 Å². The van der Waals surface area contributed by atoms with E-state index < -0.39 is 0 Å². The predicted octanol–water partition coefficient (Wildman–Crippen LogP) is 15.3. The zero-order valence-corrected chi connectivity index (χ0v) is 36.4. The molecule has 1 aliphatic carbocycles. The van der Waals surface area contributed by atoms with Gasteiger partial charge in [0, 0.05) is 54.9 Å². The lowest BCUT2D eigenvalue weighted by atomic mass is 9.82. The molecular formula is C61H41N5. The second kappa shape index (κ2) is 14.8. The highest BCUT2D eigenvalue weighted by Crippen LogP contribution is 2.49. The fraction of sp³-hybridized carbons (Fsp3) is 0.0492. The van der Waals surface area contributed by atoms with Gasteiger partial charge in [-0.25, -0.2) is 19.9 Å². The molecule has 5 heteroatoms. The first-order valence-electron chi connectivity index (χ1n) is 22.6. The van der Waals surface area contributed by atoms with Gasteiger partial charge in [0.15, 0.2) is 17.5 Å². The van der Waals surface area contributed by atoms with Crippen LogP contribution in [0.4, 0.5) is 0 Å². The van der Waals surface area contributed by atoms with Gasteiger partial charge in [0.25, 0.3) is 0 Å². The van der Waals surface area contributed by atoms with Crippen molar-refractivity contribution < 1.29 is 0 Å². The Morgan fingerprint density at radius 1 is 0.348 bits per heavy atom. The molecular weight excluding hydrogens is 803 g/mol. The number of benzene rings is 9. The molecule has 66 heavy (non-hydrogen) atoms. The summed E-state index contributed by atoms with van der Waals surface area (Å²) < 4.78 is 2.38. The predicted molar refractivity (Wildman–Crippen MR) is 272 cm³/mol. The number of fused-ring (bicyclic) bond motifs is 10. The quantitative estimate of drug-likeness (QED) is 0.156. The Morgan fingerprint density at radius 3 is 1.67 bits per heavy atom. The minimum absolute atomic E-state index is 0.138. The van der Waals surface area contributed by atoms with Crippen LogP contribution in [0.1, 0.15) is 25.0 Å². The van der Waals surface area contributed by atoms with E-state index in [1.54, 1.807) is 0 Å². The summed E-state index contributed by atoms with van der Waals surface area (Å²) in [5.74, 6) is 1.93. The van der Waals surface area contributed by atoms with Crippen LogP contribution in [0.3, 0.4) is 0 Å². The molecule has 3 aromatic heterocycles. The maximum Gasteiger partial charge on any atom is 0.164 e. The third-order valence-corrected chi connectivity index (χ3v) is 13.6. The van der Waals surface area contributed by atoms with Crippen molar-refractivity contribution in [2.75, 3.05) is 0 Å². The Hall–Kier alpha value is -8.54. The van der Waals surface area contributed by atoms with Crippen LogP contribution in [-0.4, -0.2) is 24.5 Å². The normalized spacial score (nSPS) is 12.8. The zero-order valence-electron chi connectivity index (χ0n) is 36.4. The summed E-state index contributed by atoms with van der Waals surface area (Å²) in [5.41, 5.74) is 16.5. The fourth-order valence-corrected chi connectivity index (χ4v) is 10.4. The van der Waals surface area contributed by atoms with Gasteiger partial charge >= 0.3 is 0 Å². The summed E-state index contributed by atoms with van der Waals surface area (Å²) in [5, 5.41) is 5.88. The van der Waals surface area contributed by atoms with E-state index in [4.69, 9.17) is 19.9 Å². The molecule has 13 rings (SSSR count). The summed E-state index contributed by atoms with van der Waals surface area (Å²) in [6.07, 6.45) is 0. The average Bonchev–Trinajstić information content (AvgIpc) is 3.84. The lowest BCUT2D eigenvalue weighted by Gasteiger charge is -2.21. The Morgan fingerprint density at radius 2 is 0.909 bits per heavy atom. The highest BCUT2D eigenvalue weighted by atomic mass is 15.0. The van der Waals surface area contributed by atoms with Crippen LogP contribution >= 0.6 is 0 Å². The lowest BCUT2D eigenvalue weighted by Crippen LogP contribution is -2.15. The van der Waals surface area contributed by atoms with Crippen molar-refractivity contribution in [2.45, 2.75) is 19.3 Å². The summed E-state index contributed by atoms with van der Waals surface area (Å²) in [7, 11) is 0. The molecule has 0 N–H and O–H groups in total. The van der Waals surface area contributed by atoms with Crippen LogP contribution < -0.4 is 0 Å². The van der Waals surface area contributed by atoms with Gasteiger partial charge in [-0.15, -0.1) is 0 Å². The van der Waals surface area contributed by atoms with Crippen molar-refractivity contribution in [1.29, 1.82) is 0 Å². The van der Waals surface area contributed by atoms with Crippen LogP contribution in [0.25, 0.3) is 117 Å². The first-order chi connectivity index (χ1) is 32.5. The van der Waals surface area contributed by atoms with E-state index in [-0.39, 0.29) is 5.41 Å². The van der Waals surface area contributed by atoms with Gasteiger partial charge in [0.1, 0.15) is 0 Å². The highest BCUT2D eigenvalue weighted by molar-refractivity contribution is 6.28. The maximum absolute atomic E-state index is 5.55. The molecule has 5 nitrogen and oxygen atoms in total. The molecule has 0 spiro atoms. The topological polar surface area (TPSA) is 56.5 Å². The van der Waals surface area contributed by atoms with Gasteiger partial charge in [-0.05, 0) is 75.2 Å². The molecule has 0 radical (unpaired) electrons. The molecule has 0 saturated carbocycles. The minimum atomic E-state index is -0.138. The minimum Gasteiger partial charge on any atom is -0.309 e. The third-order valence-electron chi connectivity index (χ3n) is 13.6. The van der Waals surface area contributed by atoms with E-state index in [0.717, 1.165) is 66.6 Å². The SMILES string of the molecule is CC1(C)c2ccccc2-c2ccc(-c3nc(-c4ccccc4)nc(-c4ccc(-c5ccc6c(c5)nc(-c5ccccc5)c5c6ccc6c5c5ccccc5n6-c5ccccc5)cc4)n3)cc21. The molecule has 0 bridgehead atoms. The van der Waals surface area contributed by atoms with Crippen molar-refractivity contribution >= 4 is 43.5 Å². The van der Waals surface area contributed by atoms with Gasteiger partial charge < -0.3 is 4.57 Å².